The van der Waals surface area contributed by atoms with Gasteiger partial charge < -0.3 is 15.7 Å². The van der Waals surface area contributed by atoms with Crippen molar-refractivity contribution in [2.75, 3.05) is 11.9 Å². The zero-order valence-corrected chi connectivity index (χ0v) is 14.9. The largest absolute Gasteiger partial charge is 0.416 e. The highest BCUT2D eigenvalue weighted by Crippen LogP contribution is 2.46. The Morgan fingerprint density at radius 3 is 2.30 bits per heavy atom. The molecule has 27 heavy (non-hydrogen) atoms. The minimum atomic E-state index is -4.48. The van der Waals surface area contributed by atoms with Gasteiger partial charge in [0.15, 0.2) is 0 Å². The normalized spacial score (nSPS) is 16.4. The number of rotatable bonds is 5. The molecule has 0 aliphatic heterocycles. The fourth-order valence-electron chi connectivity index (χ4n) is 2.74. The van der Waals surface area contributed by atoms with Crippen LogP contribution in [0.15, 0.2) is 41.8 Å². The number of hydrogen-bond acceptors (Lipinski definition) is 4. The van der Waals surface area contributed by atoms with Crippen LogP contribution in [-0.2, 0) is 21.4 Å². The van der Waals surface area contributed by atoms with Gasteiger partial charge in [-0.15, -0.1) is 11.3 Å². The van der Waals surface area contributed by atoms with Crippen molar-refractivity contribution in [3.63, 3.8) is 0 Å². The summed E-state index contributed by atoms with van der Waals surface area (Å²) in [6, 6.07) is 7.34. The monoisotopic (exact) mass is 398 g/mol. The summed E-state index contributed by atoms with van der Waals surface area (Å²) in [6.07, 6.45) is -2.81. The van der Waals surface area contributed by atoms with Crippen molar-refractivity contribution in [2.45, 2.75) is 24.6 Å². The fourth-order valence-corrected chi connectivity index (χ4v) is 3.65. The van der Waals surface area contributed by atoms with E-state index in [4.69, 9.17) is 0 Å². The van der Waals surface area contributed by atoms with Crippen LogP contribution in [0.25, 0.3) is 0 Å². The smallest absolute Gasteiger partial charge is 0.382 e. The molecule has 3 rings (SSSR count). The first-order chi connectivity index (χ1) is 12.7. The molecule has 3 N–H and O–H groups in total. The predicted molar refractivity (Wildman–Crippen MR) is 94.0 cm³/mol. The Labute approximate surface area is 157 Å². The second kappa shape index (κ2) is 7.32. The maximum absolute atomic E-state index is 12.5. The first kappa shape index (κ1) is 19.4. The van der Waals surface area contributed by atoms with E-state index in [0.717, 1.165) is 37.1 Å². The average Bonchev–Trinajstić information content (AvgIpc) is 3.34. The highest BCUT2D eigenvalue weighted by atomic mass is 32.1. The van der Waals surface area contributed by atoms with Crippen molar-refractivity contribution in [3.05, 3.63) is 52.2 Å². The SMILES string of the molecule is O=C(NCC(O)(c1cccs1)C1CC1)C(=O)Nc1ccc(C(F)(F)F)cc1. The molecule has 0 saturated heterocycles. The molecule has 1 fully saturated rings. The third-order valence-corrected chi connectivity index (χ3v) is 5.43. The number of amides is 2. The fraction of sp³-hybridized carbons (Fsp3) is 0.333. The number of benzene rings is 1. The van der Waals surface area contributed by atoms with E-state index < -0.39 is 29.2 Å². The van der Waals surface area contributed by atoms with Crippen LogP contribution >= 0.6 is 11.3 Å². The van der Waals surface area contributed by atoms with Crippen LogP contribution in [0.3, 0.4) is 0 Å². The van der Waals surface area contributed by atoms with Crippen molar-refractivity contribution in [1.82, 2.24) is 5.32 Å². The summed E-state index contributed by atoms with van der Waals surface area (Å²) in [6.45, 7) is -0.114. The molecule has 1 aliphatic carbocycles. The standard InChI is InChI=1S/C18H17F3N2O3S/c19-18(20,21)12-5-7-13(8-6-12)23-16(25)15(24)22-10-17(26,11-3-4-11)14-2-1-9-27-14/h1-2,5-9,11,26H,3-4,10H2,(H,22,24)(H,23,25). The number of alkyl halides is 3. The van der Waals surface area contributed by atoms with Gasteiger partial charge in [0.05, 0.1) is 12.1 Å². The number of hydrogen-bond donors (Lipinski definition) is 3. The molecule has 1 aromatic carbocycles. The molecule has 144 valence electrons. The minimum absolute atomic E-state index is 0.0226. The van der Waals surface area contributed by atoms with Gasteiger partial charge in [-0.3, -0.25) is 9.59 Å². The molecule has 1 saturated carbocycles. The predicted octanol–water partition coefficient (Wildman–Crippen LogP) is 3.12. The van der Waals surface area contributed by atoms with Gasteiger partial charge >= 0.3 is 18.0 Å². The Hall–Kier alpha value is -2.39. The van der Waals surface area contributed by atoms with Crippen molar-refractivity contribution in [1.29, 1.82) is 0 Å². The Kier molecular flexibility index (Phi) is 5.25. The molecule has 2 amide bonds. The van der Waals surface area contributed by atoms with Crippen LogP contribution in [0, 0.1) is 5.92 Å². The maximum Gasteiger partial charge on any atom is 0.416 e. The Bertz CT molecular complexity index is 817. The Morgan fingerprint density at radius 2 is 1.78 bits per heavy atom. The zero-order valence-electron chi connectivity index (χ0n) is 14.0. The lowest BCUT2D eigenvalue weighted by Crippen LogP contribution is -2.45. The second-order valence-corrected chi connectivity index (χ2v) is 7.34. The van der Waals surface area contributed by atoms with Crippen LogP contribution in [0.5, 0.6) is 0 Å². The molecule has 0 spiro atoms. The quantitative estimate of drug-likeness (QED) is 0.678. The van der Waals surface area contributed by atoms with Crippen LogP contribution < -0.4 is 10.6 Å². The third kappa shape index (κ3) is 4.48. The van der Waals surface area contributed by atoms with Gasteiger partial charge in [0.1, 0.15) is 5.60 Å². The van der Waals surface area contributed by atoms with E-state index in [9.17, 15) is 27.9 Å². The second-order valence-electron chi connectivity index (χ2n) is 6.39. The van der Waals surface area contributed by atoms with E-state index in [-0.39, 0.29) is 18.2 Å². The molecule has 5 nitrogen and oxygen atoms in total. The van der Waals surface area contributed by atoms with Crippen molar-refractivity contribution < 1.29 is 27.9 Å². The minimum Gasteiger partial charge on any atom is -0.382 e. The average molecular weight is 398 g/mol. The molecule has 1 aromatic heterocycles. The molecular formula is C18H17F3N2O3S. The molecule has 9 heteroatoms. The van der Waals surface area contributed by atoms with Gasteiger partial charge in [0, 0.05) is 10.6 Å². The molecule has 1 heterocycles. The molecule has 2 aromatic rings. The zero-order chi connectivity index (χ0) is 19.7. The highest BCUT2D eigenvalue weighted by Gasteiger charge is 2.46. The van der Waals surface area contributed by atoms with E-state index in [1.54, 1.807) is 12.1 Å². The molecule has 1 aliphatic rings. The Balaban J connectivity index is 1.58. The third-order valence-electron chi connectivity index (χ3n) is 4.40. The summed E-state index contributed by atoms with van der Waals surface area (Å²) in [5.41, 5.74) is -2.01. The molecule has 1 atom stereocenters. The van der Waals surface area contributed by atoms with E-state index in [0.29, 0.717) is 4.88 Å². The van der Waals surface area contributed by atoms with Crippen molar-refractivity contribution in [3.8, 4) is 0 Å². The number of halogens is 3. The maximum atomic E-state index is 12.5. The summed E-state index contributed by atoms with van der Waals surface area (Å²) >= 11 is 1.37. The lowest BCUT2D eigenvalue weighted by molar-refractivity contribution is -0.137. The first-order valence-corrected chi connectivity index (χ1v) is 9.11. The number of anilines is 1. The lowest BCUT2D eigenvalue weighted by Gasteiger charge is -2.27. The highest BCUT2D eigenvalue weighted by molar-refractivity contribution is 7.10. The van der Waals surface area contributed by atoms with Crippen LogP contribution in [0.2, 0.25) is 0 Å². The van der Waals surface area contributed by atoms with Gasteiger partial charge in [-0.2, -0.15) is 13.2 Å². The number of carbonyl (C=O) groups is 2. The van der Waals surface area contributed by atoms with Crippen molar-refractivity contribution >= 4 is 28.8 Å². The number of nitrogens with one attached hydrogen (secondary N) is 2. The van der Waals surface area contributed by atoms with Gasteiger partial charge in [0.25, 0.3) is 0 Å². The number of carbonyl (C=O) groups excluding carboxylic acids is 2. The summed E-state index contributed by atoms with van der Waals surface area (Å²) in [4.78, 5) is 24.7. The van der Waals surface area contributed by atoms with E-state index in [2.05, 4.69) is 10.6 Å². The van der Waals surface area contributed by atoms with Gasteiger partial charge in [-0.1, -0.05) is 6.07 Å². The molecule has 0 bridgehead atoms. The van der Waals surface area contributed by atoms with Crippen LogP contribution in [-0.4, -0.2) is 23.5 Å². The number of thiophene rings is 1. The van der Waals surface area contributed by atoms with Crippen LogP contribution in [0.4, 0.5) is 18.9 Å². The molecule has 0 radical (unpaired) electrons. The molecule has 1 unspecified atom stereocenters. The topological polar surface area (TPSA) is 78.4 Å². The summed E-state index contributed by atoms with van der Waals surface area (Å²) < 4.78 is 37.6. The molecular weight excluding hydrogens is 381 g/mol. The first-order valence-electron chi connectivity index (χ1n) is 8.23. The van der Waals surface area contributed by atoms with E-state index >= 15 is 0 Å². The summed E-state index contributed by atoms with van der Waals surface area (Å²) in [5.74, 6) is -1.96. The number of aliphatic hydroxyl groups is 1. The Morgan fingerprint density at radius 1 is 1.11 bits per heavy atom. The van der Waals surface area contributed by atoms with Crippen molar-refractivity contribution in [2.24, 2.45) is 5.92 Å². The van der Waals surface area contributed by atoms with E-state index in [1.165, 1.54) is 11.3 Å². The van der Waals surface area contributed by atoms with Crippen LogP contribution in [0.1, 0.15) is 23.3 Å². The van der Waals surface area contributed by atoms with E-state index in [1.807, 2.05) is 5.38 Å². The summed E-state index contributed by atoms with van der Waals surface area (Å²) in [7, 11) is 0. The lowest BCUT2D eigenvalue weighted by atomic mass is 9.95. The van der Waals surface area contributed by atoms with Gasteiger partial charge in [0.2, 0.25) is 0 Å². The van der Waals surface area contributed by atoms with Gasteiger partial charge in [-0.05, 0) is 54.5 Å². The van der Waals surface area contributed by atoms with Gasteiger partial charge in [-0.25, -0.2) is 0 Å². The summed E-state index contributed by atoms with van der Waals surface area (Å²) in [5, 5.41) is 17.4.